The minimum absolute atomic E-state index is 0.0755. The molecule has 3 nitrogen and oxygen atoms in total. The van der Waals surface area contributed by atoms with E-state index in [1.54, 1.807) is 0 Å². The van der Waals surface area contributed by atoms with Gasteiger partial charge in [-0.2, -0.15) is 0 Å². The normalized spacial score (nSPS) is 33.0. The lowest BCUT2D eigenvalue weighted by Crippen LogP contribution is -2.48. The molecule has 2 amide bonds. The molecule has 0 unspecified atom stereocenters. The number of hydrogen-bond acceptors (Lipinski definition) is 1. The third-order valence-corrected chi connectivity index (χ3v) is 6.41. The highest BCUT2D eigenvalue weighted by Crippen LogP contribution is 2.65. The molecule has 3 heteroatoms. The average molecular weight is 286 g/mol. The molecule has 2 aliphatic carbocycles. The molecule has 2 fully saturated rings. The van der Waals surface area contributed by atoms with Gasteiger partial charge in [-0.1, -0.05) is 38.5 Å². The van der Waals surface area contributed by atoms with E-state index in [9.17, 15) is 4.79 Å². The Morgan fingerprint density at radius 3 is 2.38 bits per heavy atom. The largest absolute Gasteiger partial charge is 0.335 e. The summed E-state index contributed by atoms with van der Waals surface area (Å²) in [6.07, 6.45) is 3.65. The van der Waals surface area contributed by atoms with Crippen LogP contribution in [0.25, 0.3) is 0 Å². The molecular weight excluding hydrogens is 260 g/mol. The van der Waals surface area contributed by atoms with Gasteiger partial charge in [0.2, 0.25) is 0 Å². The number of carbonyl (C=O) groups is 1. The van der Waals surface area contributed by atoms with E-state index in [4.69, 9.17) is 0 Å². The topological polar surface area (TPSA) is 41.1 Å². The minimum atomic E-state index is -0.0755. The maximum absolute atomic E-state index is 12.3. The SMILES string of the molecule is Cc1ccc(NC(=O)N[C@H]2C[C@@H]3CC[C@]2(C)C3(C)C)cc1. The van der Waals surface area contributed by atoms with E-state index in [2.05, 4.69) is 31.4 Å². The summed E-state index contributed by atoms with van der Waals surface area (Å²) in [5.74, 6) is 0.743. The van der Waals surface area contributed by atoms with E-state index >= 15 is 0 Å². The zero-order valence-corrected chi connectivity index (χ0v) is 13.5. The highest BCUT2D eigenvalue weighted by atomic mass is 16.2. The van der Waals surface area contributed by atoms with Crippen LogP contribution in [0.5, 0.6) is 0 Å². The molecule has 0 aliphatic heterocycles. The highest BCUT2D eigenvalue weighted by Gasteiger charge is 2.61. The van der Waals surface area contributed by atoms with Gasteiger partial charge in [0.05, 0.1) is 0 Å². The second kappa shape index (κ2) is 4.75. The molecule has 3 rings (SSSR count). The van der Waals surface area contributed by atoms with Crippen LogP contribution in [-0.4, -0.2) is 12.1 Å². The third kappa shape index (κ3) is 2.23. The van der Waals surface area contributed by atoms with Crippen molar-refractivity contribution in [2.45, 2.75) is 53.0 Å². The molecule has 2 saturated carbocycles. The first-order chi connectivity index (χ1) is 9.83. The fourth-order valence-corrected chi connectivity index (χ4v) is 4.38. The first-order valence-electron chi connectivity index (χ1n) is 7.97. The maximum Gasteiger partial charge on any atom is 0.319 e. The fraction of sp³-hybridized carbons (Fsp3) is 0.611. The Hall–Kier alpha value is -1.51. The molecule has 1 aromatic rings. The van der Waals surface area contributed by atoms with Crippen LogP contribution in [0, 0.1) is 23.7 Å². The van der Waals surface area contributed by atoms with Gasteiger partial charge in [0, 0.05) is 11.7 Å². The molecule has 0 aromatic heterocycles. The summed E-state index contributed by atoms with van der Waals surface area (Å²) in [5.41, 5.74) is 2.60. The lowest BCUT2D eigenvalue weighted by Gasteiger charge is -2.39. The Labute approximate surface area is 127 Å². The van der Waals surface area contributed by atoms with Crippen molar-refractivity contribution in [3.8, 4) is 0 Å². The van der Waals surface area contributed by atoms with Crippen LogP contribution in [0.2, 0.25) is 0 Å². The maximum atomic E-state index is 12.3. The van der Waals surface area contributed by atoms with E-state index in [0.29, 0.717) is 5.41 Å². The average Bonchev–Trinajstić information content (AvgIpc) is 2.74. The van der Waals surface area contributed by atoms with Crippen molar-refractivity contribution in [2.75, 3.05) is 5.32 Å². The number of amides is 2. The Morgan fingerprint density at radius 2 is 1.86 bits per heavy atom. The van der Waals surface area contributed by atoms with E-state index in [1.165, 1.54) is 18.4 Å². The standard InChI is InChI=1S/C18H26N2O/c1-12-5-7-14(8-6-12)19-16(21)20-15-11-13-9-10-18(15,4)17(13,2)3/h5-8,13,15H,9-11H2,1-4H3,(H2,19,20,21)/t13-,15-,18-/m0/s1. The molecule has 0 spiro atoms. The van der Waals surface area contributed by atoms with Gasteiger partial charge in [-0.15, -0.1) is 0 Å². The van der Waals surface area contributed by atoms with Gasteiger partial charge < -0.3 is 10.6 Å². The third-order valence-electron chi connectivity index (χ3n) is 6.41. The molecule has 2 aliphatic rings. The second-order valence-corrected chi connectivity index (χ2v) is 7.63. The number of anilines is 1. The molecule has 114 valence electrons. The summed E-state index contributed by atoms with van der Waals surface area (Å²) >= 11 is 0. The van der Waals surface area contributed by atoms with E-state index in [0.717, 1.165) is 18.0 Å². The number of carbonyl (C=O) groups excluding carboxylic acids is 1. The molecule has 1 aromatic carbocycles. The van der Waals surface area contributed by atoms with Gasteiger partial charge in [0.15, 0.2) is 0 Å². The molecule has 0 saturated heterocycles. The number of benzene rings is 1. The number of urea groups is 1. The van der Waals surface area contributed by atoms with Crippen molar-refractivity contribution in [3.05, 3.63) is 29.8 Å². The van der Waals surface area contributed by atoms with Crippen LogP contribution in [0.3, 0.4) is 0 Å². The van der Waals surface area contributed by atoms with Crippen LogP contribution in [0.15, 0.2) is 24.3 Å². The first-order valence-corrected chi connectivity index (χ1v) is 7.97. The van der Waals surface area contributed by atoms with Crippen LogP contribution in [0.4, 0.5) is 10.5 Å². The zero-order valence-electron chi connectivity index (χ0n) is 13.5. The first kappa shape index (κ1) is 14.4. The second-order valence-electron chi connectivity index (χ2n) is 7.63. The summed E-state index contributed by atoms with van der Waals surface area (Å²) in [7, 11) is 0. The quantitative estimate of drug-likeness (QED) is 0.834. The number of hydrogen-bond donors (Lipinski definition) is 2. The Kier molecular flexibility index (Phi) is 3.27. The predicted octanol–water partition coefficient (Wildman–Crippen LogP) is 4.33. The van der Waals surface area contributed by atoms with Gasteiger partial charge in [-0.3, -0.25) is 0 Å². The number of aryl methyl sites for hydroxylation is 1. The zero-order chi connectivity index (χ0) is 15.3. The fourth-order valence-electron chi connectivity index (χ4n) is 4.38. The Bertz CT molecular complexity index is 549. The Balaban J connectivity index is 1.65. The van der Waals surface area contributed by atoms with Crippen molar-refractivity contribution in [3.63, 3.8) is 0 Å². The van der Waals surface area contributed by atoms with E-state index < -0.39 is 0 Å². The van der Waals surface area contributed by atoms with Crippen molar-refractivity contribution in [1.29, 1.82) is 0 Å². The summed E-state index contributed by atoms with van der Waals surface area (Å²) in [4.78, 5) is 12.3. The van der Waals surface area contributed by atoms with Crippen LogP contribution in [-0.2, 0) is 0 Å². The molecule has 0 radical (unpaired) electrons. The van der Waals surface area contributed by atoms with E-state index in [-0.39, 0.29) is 17.5 Å². The van der Waals surface area contributed by atoms with Crippen molar-refractivity contribution >= 4 is 11.7 Å². The molecule has 21 heavy (non-hydrogen) atoms. The van der Waals surface area contributed by atoms with E-state index in [1.807, 2.05) is 31.2 Å². The van der Waals surface area contributed by atoms with Crippen molar-refractivity contribution in [1.82, 2.24) is 5.32 Å². The molecule has 2 N–H and O–H groups in total. The van der Waals surface area contributed by atoms with Crippen molar-refractivity contribution < 1.29 is 4.79 Å². The van der Waals surface area contributed by atoms with Crippen LogP contribution in [0.1, 0.15) is 45.6 Å². The minimum Gasteiger partial charge on any atom is -0.335 e. The van der Waals surface area contributed by atoms with Gasteiger partial charge >= 0.3 is 6.03 Å². The number of rotatable bonds is 2. The lowest BCUT2D eigenvalue weighted by molar-refractivity contribution is 0.125. The summed E-state index contributed by atoms with van der Waals surface area (Å²) in [6, 6.07) is 8.13. The Morgan fingerprint density at radius 1 is 1.19 bits per heavy atom. The molecule has 3 atom stereocenters. The number of fused-ring (bicyclic) bond motifs is 2. The summed E-state index contributed by atoms with van der Waals surface area (Å²) < 4.78 is 0. The number of nitrogens with one attached hydrogen (secondary N) is 2. The molecule has 2 bridgehead atoms. The van der Waals surface area contributed by atoms with Gasteiger partial charge in [0.1, 0.15) is 0 Å². The summed E-state index contributed by atoms with van der Waals surface area (Å²) in [5, 5.41) is 6.17. The van der Waals surface area contributed by atoms with Crippen LogP contribution < -0.4 is 10.6 Å². The lowest BCUT2D eigenvalue weighted by atomic mass is 9.69. The highest BCUT2D eigenvalue weighted by molar-refractivity contribution is 5.89. The van der Waals surface area contributed by atoms with Gasteiger partial charge in [0.25, 0.3) is 0 Å². The van der Waals surface area contributed by atoms with Gasteiger partial charge in [-0.25, -0.2) is 4.79 Å². The van der Waals surface area contributed by atoms with Crippen molar-refractivity contribution in [2.24, 2.45) is 16.7 Å². The molecular formula is C18H26N2O. The van der Waals surface area contributed by atoms with Crippen LogP contribution >= 0.6 is 0 Å². The monoisotopic (exact) mass is 286 g/mol. The van der Waals surface area contributed by atoms with Gasteiger partial charge in [-0.05, 0) is 55.1 Å². The smallest absolute Gasteiger partial charge is 0.319 e. The predicted molar refractivity (Wildman–Crippen MR) is 86.4 cm³/mol. The summed E-state index contributed by atoms with van der Waals surface area (Å²) in [6.45, 7) is 9.12. The molecule has 0 heterocycles.